The molecule has 0 bridgehead atoms. The third kappa shape index (κ3) is 4.06. The molecule has 1 atom stereocenters. The van der Waals surface area contributed by atoms with Crippen LogP contribution in [0, 0.1) is 0 Å². The summed E-state index contributed by atoms with van der Waals surface area (Å²) < 4.78 is 0. The topological polar surface area (TPSA) is 46.3 Å². The van der Waals surface area contributed by atoms with Crippen molar-refractivity contribution in [3.05, 3.63) is 35.4 Å². The molecule has 1 amide bonds. The molecule has 2 N–H and O–H groups in total. The first-order valence-corrected chi connectivity index (χ1v) is 7.27. The molecule has 1 unspecified atom stereocenters. The lowest BCUT2D eigenvalue weighted by molar-refractivity contribution is -0.131. The predicted molar refractivity (Wildman–Crippen MR) is 77.7 cm³/mol. The summed E-state index contributed by atoms with van der Waals surface area (Å²) >= 11 is 0. The molecular weight excluding hydrogens is 236 g/mol. The number of fused-ring (bicyclic) bond motifs is 1. The van der Waals surface area contributed by atoms with Crippen LogP contribution in [0.2, 0.25) is 0 Å². The Labute approximate surface area is 115 Å². The van der Waals surface area contributed by atoms with Crippen molar-refractivity contribution in [1.82, 2.24) is 4.90 Å². The van der Waals surface area contributed by atoms with Crippen LogP contribution >= 0.6 is 0 Å². The fraction of sp³-hybridized carbons (Fsp3) is 0.562. The van der Waals surface area contributed by atoms with E-state index in [-0.39, 0.29) is 11.9 Å². The Kier molecular flexibility index (Phi) is 4.97. The van der Waals surface area contributed by atoms with Gasteiger partial charge >= 0.3 is 0 Å². The quantitative estimate of drug-likeness (QED) is 0.904. The molecule has 0 radical (unpaired) electrons. The van der Waals surface area contributed by atoms with Crippen LogP contribution in [0.4, 0.5) is 0 Å². The van der Waals surface area contributed by atoms with E-state index in [0.29, 0.717) is 6.42 Å². The van der Waals surface area contributed by atoms with Crippen molar-refractivity contribution in [3.63, 3.8) is 0 Å². The summed E-state index contributed by atoms with van der Waals surface area (Å²) in [5.74, 6) is 0.275. The first-order valence-electron chi connectivity index (χ1n) is 7.27. The van der Waals surface area contributed by atoms with Gasteiger partial charge in [0.15, 0.2) is 0 Å². The van der Waals surface area contributed by atoms with Gasteiger partial charge in [-0.2, -0.15) is 0 Å². The molecule has 19 heavy (non-hydrogen) atoms. The smallest absolute Gasteiger partial charge is 0.222 e. The zero-order chi connectivity index (χ0) is 13.7. The average Bonchev–Trinajstić information content (AvgIpc) is 2.60. The summed E-state index contributed by atoms with van der Waals surface area (Å²) in [6.45, 7) is 3.64. The van der Waals surface area contributed by atoms with E-state index >= 15 is 0 Å². The number of nitrogens with two attached hydrogens (primary N) is 1. The van der Waals surface area contributed by atoms with Gasteiger partial charge in [-0.05, 0) is 43.7 Å². The van der Waals surface area contributed by atoms with Gasteiger partial charge in [0.2, 0.25) is 5.91 Å². The predicted octanol–water partition coefficient (Wildman–Crippen LogP) is 2.48. The van der Waals surface area contributed by atoms with E-state index in [0.717, 1.165) is 38.8 Å². The number of hydrogen-bond donors (Lipinski definition) is 1. The lowest BCUT2D eigenvalue weighted by Crippen LogP contribution is -2.30. The first kappa shape index (κ1) is 14.1. The third-order valence-electron chi connectivity index (χ3n) is 3.76. The zero-order valence-corrected chi connectivity index (χ0v) is 11.8. The van der Waals surface area contributed by atoms with Gasteiger partial charge in [-0.25, -0.2) is 0 Å². The minimum atomic E-state index is 0.192. The van der Waals surface area contributed by atoms with Gasteiger partial charge in [-0.3, -0.25) is 4.79 Å². The molecule has 1 aliphatic rings. The van der Waals surface area contributed by atoms with E-state index in [1.54, 1.807) is 0 Å². The van der Waals surface area contributed by atoms with Crippen LogP contribution < -0.4 is 5.73 Å². The number of hydrogen-bond acceptors (Lipinski definition) is 2. The van der Waals surface area contributed by atoms with Crippen molar-refractivity contribution in [2.75, 3.05) is 6.54 Å². The highest BCUT2D eigenvalue weighted by atomic mass is 16.2. The molecule has 0 aliphatic carbocycles. The molecule has 104 valence electrons. The fourth-order valence-electron chi connectivity index (χ4n) is 2.65. The van der Waals surface area contributed by atoms with Crippen LogP contribution in [-0.4, -0.2) is 23.4 Å². The molecule has 1 aromatic rings. The highest BCUT2D eigenvalue weighted by molar-refractivity contribution is 5.76. The summed E-state index contributed by atoms with van der Waals surface area (Å²) in [7, 11) is 0. The molecule has 0 fully saturated rings. The van der Waals surface area contributed by atoms with E-state index in [1.807, 2.05) is 11.8 Å². The highest BCUT2D eigenvalue weighted by Crippen LogP contribution is 2.19. The van der Waals surface area contributed by atoms with Gasteiger partial charge in [-0.1, -0.05) is 24.3 Å². The Morgan fingerprint density at radius 3 is 2.84 bits per heavy atom. The summed E-state index contributed by atoms with van der Waals surface area (Å²) in [4.78, 5) is 14.2. The third-order valence-corrected chi connectivity index (χ3v) is 3.76. The molecule has 2 rings (SSSR count). The molecule has 0 saturated heterocycles. The summed E-state index contributed by atoms with van der Waals surface area (Å²) in [6.07, 6.45) is 4.60. The van der Waals surface area contributed by atoms with Crippen LogP contribution in [0.3, 0.4) is 0 Å². The minimum absolute atomic E-state index is 0.192. The maximum Gasteiger partial charge on any atom is 0.222 e. The number of carbonyl (C=O) groups is 1. The van der Waals surface area contributed by atoms with Crippen LogP contribution in [0.25, 0.3) is 0 Å². The van der Waals surface area contributed by atoms with Gasteiger partial charge in [0.25, 0.3) is 0 Å². The highest BCUT2D eigenvalue weighted by Gasteiger charge is 2.18. The Bertz CT molecular complexity index is 429. The van der Waals surface area contributed by atoms with Gasteiger partial charge in [0, 0.05) is 25.6 Å². The number of amides is 1. The molecule has 0 aromatic heterocycles. The zero-order valence-electron chi connectivity index (χ0n) is 11.8. The number of carbonyl (C=O) groups excluding carboxylic acids is 1. The number of benzene rings is 1. The lowest BCUT2D eigenvalue weighted by atomic mass is 10.0. The number of rotatable bonds is 4. The minimum Gasteiger partial charge on any atom is -0.338 e. The molecule has 1 aliphatic heterocycles. The van der Waals surface area contributed by atoms with Crippen molar-refractivity contribution in [2.45, 2.75) is 51.6 Å². The molecule has 3 heteroatoms. The molecule has 0 saturated carbocycles. The van der Waals surface area contributed by atoms with Crippen molar-refractivity contribution < 1.29 is 4.79 Å². The maximum absolute atomic E-state index is 12.2. The number of aryl methyl sites for hydroxylation is 1. The van der Waals surface area contributed by atoms with Crippen LogP contribution in [-0.2, 0) is 17.8 Å². The molecule has 1 aromatic carbocycles. The van der Waals surface area contributed by atoms with E-state index < -0.39 is 0 Å². The monoisotopic (exact) mass is 260 g/mol. The van der Waals surface area contributed by atoms with Crippen LogP contribution in [0.1, 0.15) is 43.7 Å². The van der Waals surface area contributed by atoms with E-state index in [2.05, 4.69) is 24.3 Å². The summed E-state index contributed by atoms with van der Waals surface area (Å²) in [5.41, 5.74) is 8.42. The van der Waals surface area contributed by atoms with Crippen LogP contribution in [0.15, 0.2) is 24.3 Å². The molecule has 1 heterocycles. The molecule has 3 nitrogen and oxygen atoms in total. The Balaban J connectivity index is 1.92. The SMILES string of the molecule is CC(N)CCCC(=O)N1CCCc2ccccc2C1. The lowest BCUT2D eigenvalue weighted by Gasteiger charge is -2.21. The maximum atomic E-state index is 12.2. The van der Waals surface area contributed by atoms with Crippen molar-refractivity contribution in [3.8, 4) is 0 Å². The van der Waals surface area contributed by atoms with Crippen molar-refractivity contribution in [1.29, 1.82) is 0 Å². The van der Waals surface area contributed by atoms with Crippen molar-refractivity contribution in [2.24, 2.45) is 5.73 Å². The van der Waals surface area contributed by atoms with E-state index in [1.165, 1.54) is 11.1 Å². The average molecular weight is 260 g/mol. The normalized spacial score (nSPS) is 16.6. The fourth-order valence-corrected chi connectivity index (χ4v) is 2.65. The van der Waals surface area contributed by atoms with E-state index in [9.17, 15) is 4.79 Å². The second-order valence-electron chi connectivity index (χ2n) is 5.56. The van der Waals surface area contributed by atoms with Gasteiger partial charge in [-0.15, -0.1) is 0 Å². The Hall–Kier alpha value is -1.35. The summed E-state index contributed by atoms with van der Waals surface area (Å²) in [6, 6.07) is 8.65. The first-order chi connectivity index (χ1) is 9.16. The molecule has 0 spiro atoms. The van der Waals surface area contributed by atoms with Crippen molar-refractivity contribution >= 4 is 5.91 Å². The molecular formula is C16H24N2O. The Morgan fingerprint density at radius 2 is 2.11 bits per heavy atom. The standard InChI is InChI=1S/C16H24N2O/c1-13(17)6-4-10-16(19)18-11-5-9-14-7-2-3-8-15(14)12-18/h2-3,7-8,13H,4-6,9-12,17H2,1H3. The van der Waals surface area contributed by atoms with Gasteiger partial charge in [0.05, 0.1) is 0 Å². The van der Waals surface area contributed by atoms with Gasteiger partial charge in [0.1, 0.15) is 0 Å². The van der Waals surface area contributed by atoms with E-state index in [4.69, 9.17) is 5.73 Å². The largest absolute Gasteiger partial charge is 0.338 e. The Morgan fingerprint density at radius 1 is 1.37 bits per heavy atom. The van der Waals surface area contributed by atoms with Crippen LogP contribution in [0.5, 0.6) is 0 Å². The second kappa shape index (κ2) is 6.71. The summed E-state index contributed by atoms with van der Waals surface area (Å²) in [5, 5.41) is 0. The number of nitrogens with zero attached hydrogens (tertiary/aromatic N) is 1. The van der Waals surface area contributed by atoms with Gasteiger partial charge < -0.3 is 10.6 Å². The second-order valence-corrected chi connectivity index (χ2v) is 5.56.